The number of nitrogens with one attached hydrogen (secondary N) is 1. The van der Waals surface area contributed by atoms with E-state index in [9.17, 15) is 14.7 Å². The number of oxazole rings is 1. The van der Waals surface area contributed by atoms with Crippen molar-refractivity contribution in [1.29, 1.82) is 0 Å². The quantitative estimate of drug-likeness (QED) is 0.548. The van der Waals surface area contributed by atoms with E-state index in [2.05, 4.69) is 10.3 Å². The van der Waals surface area contributed by atoms with Gasteiger partial charge in [0.05, 0.1) is 19.8 Å². The van der Waals surface area contributed by atoms with Crippen LogP contribution in [0.4, 0.5) is 0 Å². The molecule has 3 atom stereocenters. The molecule has 0 bridgehead atoms. The molecule has 1 aliphatic carbocycles. The van der Waals surface area contributed by atoms with Crippen LogP contribution in [0.1, 0.15) is 57.9 Å². The Morgan fingerprint density at radius 3 is 2.76 bits per heavy atom. The van der Waals surface area contributed by atoms with Crippen LogP contribution in [0.3, 0.4) is 0 Å². The standard InChI is InChI=1S/C25H34N2O6/c1-5-21-20(26-24(33-21)17-9-7-10-18(13-17)31-4)14-32-19-11-6-8-16(12-19)23(28)27-22(15(2)3)25(29)30/h7,9-10,13,15-16,19,22H,5-6,8,11-12,14H2,1-4H3,(H,27,28)(H,29,30)/t16-,19+,22?/m0/s1. The lowest BCUT2D eigenvalue weighted by molar-refractivity contribution is -0.144. The second kappa shape index (κ2) is 11.3. The molecule has 1 saturated carbocycles. The number of hydrogen-bond acceptors (Lipinski definition) is 6. The molecule has 2 N–H and O–H groups in total. The van der Waals surface area contributed by atoms with Crippen LogP contribution in [-0.2, 0) is 27.4 Å². The summed E-state index contributed by atoms with van der Waals surface area (Å²) in [5.41, 5.74) is 1.59. The van der Waals surface area contributed by atoms with Crippen LogP contribution in [-0.4, -0.2) is 41.2 Å². The Labute approximate surface area is 194 Å². The third-order valence-electron chi connectivity index (χ3n) is 6.10. The number of nitrogens with zero attached hydrogens (tertiary/aromatic N) is 1. The van der Waals surface area contributed by atoms with Crippen molar-refractivity contribution in [2.24, 2.45) is 11.8 Å². The Morgan fingerprint density at radius 1 is 1.30 bits per heavy atom. The van der Waals surface area contributed by atoms with Gasteiger partial charge in [-0.1, -0.05) is 33.3 Å². The normalized spacial score (nSPS) is 19.3. The number of carbonyl (C=O) groups excluding carboxylic acids is 1. The Balaban J connectivity index is 1.62. The molecular formula is C25H34N2O6. The lowest BCUT2D eigenvalue weighted by Gasteiger charge is -2.29. The van der Waals surface area contributed by atoms with Crippen molar-refractivity contribution in [1.82, 2.24) is 10.3 Å². The molecule has 8 heteroatoms. The number of carbonyl (C=O) groups is 2. The number of aliphatic carboxylic acids is 1. The number of ether oxygens (including phenoxy) is 2. The molecule has 1 aliphatic rings. The van der Waals surface area contributed by atoms with Gasteiger partial charge in [-0.25, -0.2) is 9.78 Å². The Bertz CT molecular complexity index is 954. The van der Waals surface area contributed by atoms with Gasteiger partial charge in [-0.05, 0) is 43.4 Å². The van der Waals surface area contributed by atoms with E-state index in [1.807, 2.05) is 31.2 Å². The summed E-state index contributed by atoms with van der Waals surface area (Å²) in [6.45, 7) is 5.89. The maximum Gasteiger partial charge on any atom is 0.326 e. The van der Waals surface area contributed by atoms with Crippen LogP contribution >= 0.6 is 0 Å². The maximum absolute atomic E-state index is 12.7. The van der Waals surface area contributed by atoms with Crippen LogP contribution in [0, 0.1) is 11.8 Å². The van der Waals surface area contributed by atoms with Crippen LogP contribution in [0.2, 0.25) is 0 Å². The molecule has 1 amide bonds. The van der Waals surface area contributed by atoms with Crippen molar-refractivity contribution >= 4 is 11.9 Å². The highest BCUT2D eigenvalue weighted by Gasteiger charge is 2.32. The number of benzene rings is 1. The van der Waals surface area contributed by atoms with Crippen molar-refractivity contribution in [2.75, 3.05) is 7.11 Å². The molecule has 2 aromatic rings. The SMILES string of the molecule is CCc1oc(-c2cccc(OC)c2)nc1CO[C@@H]1CCC[C@H](C(=O)NC(C(=O)O)C(C)C)C1. The number of rotatable bonds is 10. The molecule has 0 spiro atoms. The molecule has 3 rings (SSSR count). The van der Waals surface area contributed by atoms with E-state index in [4.69, 9.17) is 13.9 Å². The second-order valence-corrected chi connectivity index (χ2v) is 8.84. The first-order chi connectivity index (χ1) is 15.8. The van der Waals surface area contributed by atoms with Gasteiger partial charge in [0.15, 0.2) is 0 Å². The van der Waals surface area contributed by atoms with E-state index in [0.717, 1.165) is 42.0 Å². The number of aryl methyl sites for hydroxylation is 1. The Morgan fingerprint density at radius 2 is 2.09 bits per heavy atom. The summed E-state index contributed by atoms with van der Waals surface area (Å²) in [6.07, 6.45) is 3.63. The van der Waals surface area contributed by atoms with Crippen molar-refractivity contribution in [3.8, 4) is 17.2 Å². The van der Waals surface area contributed by atoms with Crippen LogP contribution in [0.5, 0.6) is 5.75 Å². The zero-order valence-corrected chi connectivity index (χ0v) is 19.8. The monoisotopic (exact) mass is 458 g/mol. The Hall–Kier alpha value is -2.87. The molecule has 8 nitrogen and oxygen atoms in total. The molecule has 1 fully saturated rings. The highest BCUT2D eigenvalue weighted by atomic mass is 16.5. The summed E-state index contributed by atoms with van der Waals surface area (Å²) in [6, 6.07) is 6.68. The van der Waals surface area contributed by atoms with Gasteiger partial charge in [0.2, 0.25) is 11.8 Å². The van der Waals surface area contributed by atoms with Crippen molar-refractivity contribution in [3.63, 3.8) is 0 Å². The fraction of sp³-hybridized carbons (Fsp3) is 0.560. The molecule has 0 radical (unpaired) electrons. The van der Waals surface area contributed by atoms with E-state index in [-0.39, 0.29) is 23.8 Å². The Kier molecular flexibility index (Phi) is 8.49. The first-order valence-corrected chi connectivity index (χ1v) is 11.6. The highest BCUT2D eigenvalue weighted by Crippen LogP contribution is 2.30. The summed E-state index contributed by atoms with van der Waals surface area (Å²) in [5, 5.41) is 12.1. The van der Waals surface area contributed by atoms with Gasteiger partial charge in [0.1, 0.15) is 23.2 Å². The number of methoxy groups -OCH3 is 1. The number of carboxylic acids is 1. The zero-order chi connectivity index (χ0) is 24.0. The number of carboxylic acid groups (broad SMARTS) is 1. The summed E-state index contributed by atoms with van der Waals surface area (Å²) >= 11 is 0. The zero-order valence-electron chi connectivity index (χ0n) is 19.8. The summed E-state index contributed by atoms with van der Waals surface area (Å²) < 4.78 is 17.4. The minimum Gasteiger partial charge on any atom is -0.497 e. The second-order valence-electron chi connectivity index (χ2n) is 8.84. The highest BCUT2D eigenvalue weighted by molar-refractivity contribution is 5.85. The average Bonchev–Trinajstić information content (AvgIpc) is 3.24. The van der Waals surface area contributed by atoms with Crippen LogP contribution in [0.15, 0.2) is 28.7 Å². The summed E-state index contributed by atoms with van der Waals surface area (Å²) in [7, 11) is 1.62. The average molecular weight is 459 g/mol. The molecule has 33 heavy (non-hydrogen) atoms. The van der Waals surface area contributed by atoms with Crippen LogP contribution < -0.4 is 10.1 Å². The molecule has 1 heterocycles. The minimum absolute atomic E-state index is 0.0847. The number of aromatic nitrogens is 1. The predicted octanol–water partition coefficient (Wildman–Crippen LogP) is 4.21. The summed E-state index contributed by atoms with van der Waals surface area (Å²) in [5.74, 6) is 0.390. The van der Waals surface area contributed by atoms with Gasteiger partial charge < -0.3 is 24.3 Å². The lowest BCUT2D eigenvalue weighted by atomic mass is 9.86. The smallest absolute Gasteiger partial charge is 0.326 e. The van der Waals surface area contributed by atoms with Gasteiger partial charge >= 0.3 is 5.97 Å². The summed E-state index contributed by atoms with van der Waals surface area (Å²) in [4.78, 5) is 28.8. The molecule has 0 aliphatic heterocycles. The van der Waals surface area contributed by atoms with E-state index in [1.165, 1.54) is 0 Å². The van der Waals surface area contributed by atoms with E-state index < -0.39 is 12.0 Å². The largest absolute Gasteiger partial charge is 0.497 e. The van der Waals surface area contributed by atoms with Gasteiger partial charge in [0, 0.05) is 17.9 Å². The van der Waals surface area contributed by atoms with Crippen LogP contribution in [0.25, 0.3) is 11.5 Å². The van der Waals surface area contributed by atoms with Crippen molar-refractivity contribution < 1.29 is 28.6 Å². The minimum atomic E-state index is -1.01. The van der Waals surface area contributed by atoms with Gasteiger partial charge in [-0.2, -0.15) is 0 Å². The third-order valence-corrected chi connectivity index (χ3v) is 6.10. The first-order valence-electron chi connectivity index (χ1n) is 11.6. The van der Waals surface area contributed by atoms with E-state index in [1.54, 1.807) is 21.0 Å². The fourth-order valence-corrected chi connectivity index (χ4v) is 4.17. The molecule has 1 aromatic carbocycles. The maximum atomic E-state index is 12.7. The van der Waals surface area contributed by atoms with E-state index in [0.29, 0.717) is 25.3 Å². The predicted molar refractivity (Wildman–Crippen MR) is 123 cm³/mol. The van der Waals surface area contributed by atoms with Gasteiger partial charge in [0.25, 0.3) is 0 Å². The molecular weight excluding hydrogens is 424 g/mol. The lowest BCUT2D eigenvalue weighted by Crippen LogP contribution is -2.47. The first kappa shape index (κ1) is 24.8. The van der Waals surface area contributed by atoms with Gasteiger partial charge in [-0.15, -0.1) is 0 Å². The third kappa shape index (κ3) is 6.35. The van der Waals surface area contributed by atoms with E-state index >= 15 is 0 Å². The molecule has 0 saturated heterocycles. The molecule has 1 aromatic heterocycles. The molecule has 180 valence electrons. The number of hydrogen-bond donors (Lipinski definition) is 2. The molecule has 1 unspecified atom stereocenters. The van der Waals surface area contributed by atoms with Crippen molar-refractivity contribution in [3.05, 3.63) is 35.7 Å². The van der Waals surface area contributed by atoms with Crippen molar-refractivity contribution in [2.45, 2.75) is 71.6 Å². The fourth-order valence-electron chi connectivity index (χ4n) is 4.17. The van der Waals surface area contributed by atoms with Gasteiger partial charge in [-0.3, -0.25) is 4.79 Å². The number of amides is 1. The topological polar surface area (TPSA) is 111 Å².